The number of hydrogen-bond donors (Lipinski definition) is 1. The molecule has 1 rings (SSSR count). The van der Waals surface area contributed by atoms with Crippen LogP contribution in [0.2, 0.25) is 10.0 Å². The van der Waals surface area contributed by atoms with Gasteiger partial charge in [0.15, 0.2) is 5.71 Å². The number of nitrogens with zero attached hydrogens (tertiary/aromatic N) is 2. The normalized spacial score (nSPS) is 11.0. The van der Waals surface area contributed by atoms with Crippen LogP contribution >= 0.6 is 23.2 Å². The van der Waals surface area contributed by atoms with Crippen LogP contribution in [0.25, 0.3) is 0 Å². The number of nitriles is 1. The highest BCUT2D eigenvalue weighted by Crippen LogP contribution is 2.24. The van der Waals surface area contributed by atoms with Gasteiger partial charge in [-0.05, 0) is 12.1 Å². The molecule has 0 aliphatic heterocycles. The van der Waals surface area contributed by atoms with Gasteiger partial charge in [0.05, 0.1) is 15.6 Å². The molecule has 0 aromatic heterocycles. The monoisotopic (exact) mass is 214 g/mol. The zero-order chi connectivity index (χ0) is 9.84. The first-order valence-corrected chi connectivity index (χ1v) is 4.03. The second-order valence-corrected chi connectivity index (χ2v) is 2.97. The van der Waals surface area contributed by atoms with Crippen LogP contribution in [0.4, 0.5) is 0 Å². The van der Waals surface area contributed by atoms with Gasteiger partial charge in [-0.25, -0.2) is 0 Å². The van der Waals surface area contributed by atoms with Crippen LogP contribution in [0.3, 0.4) is 0 Å². The number of halogens is 2. The van der Waals surface area contributed by atoms with Gasteiger partial charge >= 0.3 is 0 Å². The summed E-state index contributed by atoms with van der Waals surface area (Å²) >= 11 is 11.5. The molecule has 5 heteroatoms. The Labute approximate surface area is 84.8 Å². The fourth-order valence-corrected chi connectivity index (χ4v) is 1.43. The molecule has 0 fully saturated rings. The first kappa shape index (κ1) is 9.85. The van der Waals surface area contributed by atoms with Gasteiger partial charge in [-0.1, -0.05) is 34.4 Å². The van der Waals surface area contributed by atoms with Crippen molar-refractivity contribution in [1.82, 2.24) is 0 Å². The largest absolute Gasteiger partial charge is 0.410 e. The van der Waals surface area contributed by atoms with E-state index >= 15 is 0 Å². The van der Waals surface area contributed by atoms with Crippen LogP contribution in [0.5, 0.6) is 0 Å². The minimum Gasteiger partial charge on any atom is -0.410 e. The Balaban J connectivity index is 3.38. The molecule has 1 N–H and O–H groups in total. The van der Waals surface area contributed by atoms with Crippen LogP contribution in [-0.4, -0.2) is 10.9 Å². The highest BCUT2D eigenvalue weighted by molar-refractivity contribution is 6.41. The van der Waals surface area contributed by atoms with Gasteiger partial charge in [0.25, 0.3) is 0 Å². The Kier molecular flexibility index (Phi) is 3.13. The van der Waals surface area contributed by atoms with Gasteiger partial charge in [0.1, 0.15) is 6.07 Å². The van der Waals surface area contributed by atoms with E-state index in [1.165, 1.54) is 0 Å². The van der Waals surface area contributed by atoms with Crippen molar-refractivity contribution >= 4 is 28.9 Å². The SMILES string of the molecule is N#CC(=NO)c1c(Cl)cccc1Cl. The molecule has 1 aromatic carbocycles. The molecule has 0 heterocycles. The Bertz CT molecular complexity index is 375. The number of hydrogen-bond acceptors (Lipinski definition) is 3. The summed E-state index contributed by atoms with van der Waals surface area (Å²) in [6.07, 6.45) is 0. The average molecular weight is 215 g/mol. The Hall–Kier alpha value is -1.24. The molecular formula is C8H4Cl2N2O. The molecule has 1 aromatic rings. The zero-order valence-electron chi connectivity index (χ0n) is 6.33. The molecular weight excluding hydrogens is 211 g/mol. The van der Waals surface area contributed by atoms with Crippen LogP contribution in [0.15, 0.2) is 23.4 Å². The summed E-state index contributed by atoms with van der Waals surface area (Å²) in [5.41, 5.74) is 0.0476. The van der Waals surface area contributed by atoms with Crippen molar-refractivity contribution in [2.45, 2.75) is 0 Å². The van der Waals surface area contributed by atoms with Crippen LogP contribution < -0.4 is 0 Å². The van der Waals surface area contributed by atoms with Crippen molar-refractivity contribution in [3.05, 3.63) is 33.8 Å². The van der Waals surface area contributed by atoms with Crippen LogP contribution in [-0.2, 0) is 0 Å². The predicted molar refractivity (Wildman–Crippen MR) is 50.4 cm³/mol. The van der Waals surface area contributed by atoms with Gasteiger partial charge in [0.2, 0.25) is 0 Å². The topological polar surface area (TPSA) is 56.4 Å². The van der Waals surface area contributed by atoms with E-state index in [4.69, 9.17) is 33.7 Å². The van der Waals surface area contributed by atoms with E-state index in [0.717, 1.165) is 0 Å². The van der Waals surface area contributed by atoms with Crippen LogP contribution in [0, 0.1) is 11.3 Å². The smallest absolute Gasteiger partial charge is 0.189 e. The molecule has 3 nitrogen and oxygen atoms in total. The maximum atomic E-state index is 8.57. The zero-order valence-corrected chi connectivity index (χ0v) is 7.84. The number of rotatable bonds is 1. The maximum absolute atomic E-state index is 8.57. The van der Waals surface area contributed by atoms with E-state index in [1.807, 2.05) is 0 Å². The number of benzene rings is 1. The quantitative estimate of drug-likeness (QED) is 0.444. The van der Waals surface area contributed by atoms with E-state index in [-0.39, 0.29) is 21.3 Å². The highest BCUT2D eigenvalue weighted by atomic mass is 35.5. The van der Waals surface area contributed by atoms with Gasteiger partial charge in [-0.2, -0.15) is 5.26 Å². The van der Waals surface area contributed by atoms with E-state index in [0.29, 0.717) is 0 Å². The predicted octanol–water partition coefficient (Wildman–Crippen LogP) is 2.70. The van der Waals surface area contributed by atoms with E-state index in [1.54, 1.807) is 24.3 Å². The van der Waals surface area contributed by atoms with E-state index in [2.05, 4.69) is 5.16 Å². The number of oxime groups is 1. The summed E-state index contributed by atoms with van der Waals surface area (Å²) in [4.78, 5) is 0. The summed E-state index contributed by atoms with van der Waals surface area (Å²) in [5.74, 6) is 0. The minimum atomic E-state index is -0.199. The Morgan fingerprint density at radius 3 is 2.31 bits per heavy atom. The Morgan fingerprint density at radius 2 is 1.92 bits per heavy atom. The van der Waals surface area contributed by atoms with Gasteiger partial charge in [-0.15, -0.1) is 0 Å². The molecule has 66 valence electrons. The molecule has 0 atom stereocenters. The molecule has 0 bridgehead atoms. The first-order valence-electron chi connectivity index (χ1n) is 3.27. The summed E-state index contributed by atoms with van der Waals surface area (Å²) in [6, 6.07) is 6.44. The molecule has 0 aliphatic carbocycles. The van der Waals surface area contributed by atoms with E-state index in [9.17, 15) is 0 Å². The van der Waals surface area contributed by atoms with Gasteiger partial charge < -0.3 is 5.21 Å². The molecule has 0 unspecified atom stereocenters. The lowest BCUT2D eigenvalue weighted by Crippen LogP contribution is -1.99. The molecule has 0 aliphatic rings. The fourth-order valence-electron chi connectivity index (χ4n) is 0.852. The molecule has 0 amide bonds. The van der Waals surface area contributed by atoms with Gasteiger partial charge in [0, 0.05) is 0 Å². The standard InChI is InChI=1S/C8H4Cl2N2O/c9-5-2-1-3-6(10)8(5)7(4-11)12-13/h1-3,13H. The third-order valence-corrected chi connectivity index (χ3v) is 2.04. The van der Waals surface area contributed by atoms with E-state index < -0.39 is 0 Å². The Morgan fingerprint density at radius 1 is 1.38 bits per heavy atom. The first-order chi connectivity index (χ1) is 6.20. The van der Waals surface area contributed by atoms with Crippen molar-refractivity contribution in [2.24, 2.45) is 5.16 Å². The van der Waals surface area contributed by atoms with Crippen molar-refractivity contribution in [3.8, 4) is 6.07 Å². The molecule has 13 heavy (non-hydrogen) atoms. The molecule has 0 radical (unpaired) electrons. The van der Waals surface area contributed by atoms with Crippen molar-refractivity contribution in [2.75, 3.05) is 0 Å². The van der Waals surface area contributed by atoms with Crippen molar-refractivity contribution < 1.29 is 5.21 Å². The molecule has 0 saturated carbocycles. The highest BCUT2D eigenvalue weighted by Gasteiger charge is 2.11. The lowest BCUT2D eigenvalue weighted by molar-refractivity contribution is 0.320. The lowest BCUT2D eigenvalue weighted by Gasteiger charge is -2.01. The summed E-state index contributed by atoms with van der Waals surface area (Å²) in [6.45, 7) is 0. The van der Waals surface area contributed by atoms with Crippen LogP contribution in [0.1, 0.15) is 5.56 Å². The van der Waals surface area contributed by atoms with Crippen molar-refractivity contribution in [1.29, 1.82) is 5.26 Å². The van der Waals surface area contributed by atoms with Crippen molar-refractivity contribution in [3.63, 3.8) is 0 Å². The lowest BCUT2D eigenvalue weighted by atomic mass is 10.1. The summed E-state index contributed by atoms with van der Waals surface area (Å²) in [5, 5.41) is 20.4. The maximum Gasteiger partial charge on any atom is 0.189 e. The molecule has 0 saturated heterocycles. The third kappa shape index (κ3) is 1.92. The summed E-state index contributed by atoms with van der Waals surface area (Å²) in [7, 11) is 0. The summed E-state index contributed by atoms with van der Waals surface area (Å²) < 4.78 is 0. The molecule has 0 spiro atoms. The average Bonchev–Trinajstić information content (AvgIpc) is 2.11. The fraction of sp³-hybridized carbons (Fsp3) is 0. The second kappa shape index (κ2) is 4.13. The third-order valence-electron chi connectivity index (χ3n) is 1.41. The second-order valence-electron chi connectivity index (χ2n) is 2.16. The van der Waals surface area contributed by atoms with Gasteiger partial charge in [-0.3, -0.25) is 0 Å². The minimum absolute atomic E-state index is 0.199.